The van der Waals surface area contributed by atoms with Crippen molar-refractivity contribution in [2.75, 3.05) is 6.54 Å². The predicted octanol–water partition coefficient (Wildman–Crippen LogP) is 1.09. The fourth-order valence-corrected chi connectivity index (χ4v) is 1.19. The fourth-order valence-electron chi connectivity index (χ4n) is 1.19. The molecule has 0 aromatic heterocycles. The van der Waals surface area contributed by atoms with Crippen molar-refractivity contribution in [2.45, 2.75) is 19.3 Å². The fraction of sp³-hybridized carbons (Fsp3) is 0.625. The Labute approximate surface area is 61.3 Å². The van der Waals surface area contributed by atoms with Crippen LogP contribution in [0, 0.1) is 5.92 Å². The van der Waals surface area contributed by atoms with Gasteiger partial charge < -0.3 is 5.32 Å². The van der Waals surface area contributed by atoms with Crippen molar-refractivity contribution in [1.29, 1.82) is 0 Å². The molecule has 0 radical (unpaired) electrons. The first-order valence-corrected chi connectivity index (χ1v) is 3.75. The molecule has 0 aromatic carbocycles. The van der Waals surface area contributed by atoms with Gasteiger partial charge in [0.25, 0.3) is 0 Å². The summed E-state index contributed by atoms with van der Waals surface area (Å²) in [5.74, 6) is 0.204. The first-order valence-electron chi connectivity index (χ1n) is 3.75. The van der Waals surface area contributed by atoms with E-state index in [1.54, 1.807) is 6.08 Å². The summed E-state index contributed by atoms with van der Waals surface area (Å²) < 4.78 is 0. The number of carbonyl (C=O) groups excluding carboxylic acids is 1. The molecule has 2 heteroatoms. The second-order valence-electron chi connectivity index (χ2n) is 2.63. The Morgan fingerprint density at radius 2 is 2.40 bits per heavy atom. The number of hydrogen-bond acceptors (Lipinski definition) is 1. The van der Waals surface area contributed by atoms with Gasteiger partial charge in [-0.2, -0.15) is 0 Å². The Kier molecular flexibility index (Phi) is 2.49. The molecule has 0 spiro atoms. The minimum atomic E-state index is 0.0579. The van der Waals surface area contributed by atoms with Crippen LogP contribution in [-0.4, -0.2) is 12.5 Å². The van der Waals surface area contributed by atoms with Gasteiger partial charge in [-0.1, -0.05) is 12.5 Å². The zero-order valence-electron chi connectivity index (χ0n) is 6.10. The molecule has 0 aromatic rings. The molecule has 1 atom stereocenters. The monoisotopic (exact) mass is 139 g/mol. The molecule has 1 saturated heterocycles. The Morgan fingerprint density at radius 1 is 1.60 bits per heavy atom. The minimum Gasteiger partial charge on any atom is -0.356 e. The number of rotatable bonds is 1. The SMILES string of the molecule is C=CC1CCCCNC1=O. The number of hydrogen-bond donors (Lipinski definition) is 1. The lowest BCUT2D eigenvalue weighted by atomic mass is 10.0. The van der Waals surface area contributed by atoms with Crippen LogP contribution in [0.3, 0.4) is 0 Å². The molecule has 0 aliphatic carbocycles. The van der Waals surface area contributed by atoms with Crippen molar-refractivity contribution < 1.29 is 4.79 Å². The third-order valence-electron chi connectivity index (χ3n) is 1.86. The van der Waals surface area contributed by atoms with Gasteiger partial charge in [0.15, 0.2) is 0 Å². The summed E-state index contributed by atoms with van der Waals surface area (Å²) in [6.07, 6.45) is 4.95. The van der Waals surface area contributed by atoms with E-state index in [2.05, 4.69) is 11.9 Å². The number of nitrogens with one attached hydrogen (secondary N) is 1. The van der Waals surface area contributed by atoms with Crippen LogP contribution in [0.15, 0.2) is 12.7 Å². The number of amides is 1. The van der Waals surface area contributed by atoms with Gasteiger partial charge in [-0.3, -0.25) is 4.79 Å². The molecule has 1 N–H and O–H groups in total. The Morgan fingerprint density at radius 3 is 3.10 bits per heavy atom. The average molecular weight is 139 g/mol. The minimum absolute atomic E-state index is 0.0579. The van der Waals surface area contributed by atoms with Gasteiger partial charge in [-0.15, -0.1) is 6.58 Å². The zero-order valence-corrected chi connectivity index (χ0v) is 6.10. The van der Waals surface area contributed by atoms with Crippen molar-refractivity contribution in [3.05, 3.63) is 12.7 Å². The molecule has 1 rings (SSSR count). The highest BCUT2D eigenvalue weighted by molar-refractivity contribution is 5.80. The molecule has 0 bridgehead atoms. The maximum atomic E-state index is 11.1. The molecule has 0 saturated carbocycles. The van der Waals surface area contributed by atoms with E-state index >= 15 is 0 Å². The lowest BCUT2D eigenvalue weighted by Gasteiger charge is -2.05. The quantitative estimate of drug-likeness (QED) is 0.541. The van der Waals surface area contributed by atoms with Crippen LogP contribution in [0.2, 0.25) is 0 Å². The second-order valence-corrected chi connectivity index (χ2v) is 2.63. The van der Waals surface area contributed by atoms with E-state index in [-0.39, 0.29) is 11.8 Å². The molecule has 1 unspecified atom stereocenters. The summed E-state index contributed by atoms with van der Waals surface area (Å²) in [4.78, 5) is 11.1. The predicted molar refractivity (Wildman–Crippen MR) is 40.5 cm³/mol. The maximum Gasteiger partial charge on any atom is 0.226 e. The molecule has 10 heavy (non-hydrogen) atoms. The summed E-state index contributed by atoms with van der Waals surface area (Å²) in [6, 6.07) is 0. The molecule has 1 amide bonds. The van der Waals surface area contributed by atoms with E-state index in [0.717, 1.165) is 25.8 Å². The number of carbonyl (C=O) groups is 1. The van der Waals surface area contributed by atoms with Gasteiger partial charge in [-0.25, -0.2) is 0 Å². The van der Waals surface area contributed by atoms with Crippen LogP contribution in [0.4, 0.5) is 0 Å². The Hall–Kier alpha value is -0.790. The van der Waals surface area contributed by atoms with E-state index in [9.17, 15) is 4.79 Å². The summed E-state index contributed by atoms with van der Waals surface area (Å²) >= 11 is 0. The van der Waals surface area contributed by atoms with Crippen molar-refractivity contribution in [3.63, 3.8) is 0 Å². The molecule has 2 nitrogen and oxygen atoms in total. The molecule has 1 heterocycles. The van der Waals surface area contributed by atoms with E-state index in [0.29, 0.717) is 0 Å². The molecular weight excluding hydrogens is 126 g/mol. The largest absolute Gasteiger partial charge is 0.356 e. The van der Waals surface area contributed by atoms with Gasteiger partial charge >= 0.3 is 0 Å². The van der Waals surface area contributed by atoms with Gasteiger partial charge in [0, 0.05) is 6.54 Å². The van der Waals surface area contributed by atoms with Crippen LogP contribution < -0.4 is 5.32 Å². The average Bonchev–Trinajstić information content (AvgIpc) is 2.13. The van der Waals surface area contributed by atoms with E-state index in [1.165, 1.54) is 0 Å². The third kappa shape index (κ3) is 1.59. The standard InChI is InChI=1S/C8H13NO/c1-2-7-5-3-4-6-9-8(7)10/h2,7H,1,3-6H2,(H,9,10). The molecule has 1 aliphatic heterocycles. The lowest BCUT2D eigenvalue weighted by molar-refractivity contribution is -0.123. The van der Waals surface area contributed by atoms with Crippen LogP contribution in [-0.2, 0) is 4.79 Å². The maximum absolute atomic E-state index is 11.1. The molecule has 1 fully saturated rings. The van der Waals surface area contributed by atoms with Crippen LogP contribution >= 0.6 is 0 Å². The highest BCUT2D eigenvalue weighted by Gasteiger charge is 2.16. The highest BCUT2D eigenvalue weighted by atomic mass is 16.1. The summed E-state index contributed by atoms with van der Waals surface area (Å²) in [7, 11) is 0. The van der Waals surface area contributed by atoms with Crippen LogP contribution in [0.5, 0.6) is 0 Å². The van der Waals surface area contributed by atoms with Crippen LogP contribution in [0.25, 0.3) is 0 Å². The van der Waals surface area contributed by atoms with Crippen LogP contribution in [0.1, 0.15) is 19.3 Å². The Balaban J connectivity index is 2.51. The van der Waals surface area contributed by atoms with Gasteiger partial charge in [0.2, 0.25) is 5.91 Å². The third-order valence-corrected chi connectivity index (χ3v) is 1.86. The Bertz CT molecular complexity index is 142. The second kappa shape index (κ2) is 3.40. The van der Waals surface area contributed by atoms with Gasteiger partial charge in [-0.05, 0) is 12.8 Å². The molecule has 56 valence electrons. The summed E-state index contributed by atoms with van der Waals surface area (Å²) in [5.41, 5.74) is 0. The molecule has 1 aliphatic rings. The zero-order chi connectivity index (χ0) is 7.40. The lowest BCUT2D eigenvalue weighted by Crippen LogP contribution is -2.27. The van der Waals surface area contributed by atoms with E-state index in [1.807, 2.05) is 0 Å². The van der Waals surface area contributed by atoms with Crippen molar-refractivity contribution >= 4 is 5.91 Å². The highest BCUT2D eigenvalue weighted by Crippen LogP contribution is 2.12. The van der Waals surface area contributed by atoms with Gasteiger partial charge in [0.1, 0.15) is 0 Å². The van der Waals surface area contributed by atoms with E-state index < -0.39 is 0 Å². The van der Waals surface area contributed by atoms with E-state index in [4.69, 9.17) is 0 Å². The molecular formula is C8H13NO. The first kappa shape index (κ1) is 7.32. The topological polar surface area (TPSA) is 29.1 Å². The van der Waals surface area contributed by atoms with Gasteiger partial charge in [0.05, 0.1) is 5.92 Å². The first-order chi connectivity index (χ1) is 4.84. The smallest absolute Gasteiger partial charge is 0.226 e. The normalized spacial score (nSPS) is 26.8. The van der Waals surface area contributed by atoms with Crippen molar-refractivity contribution in [3.8, 4) is 0 Å². The van der Waals surface area contributed by atoms with Crippen molar-refractivity contribution in [2.24, 2.45) is 5.92 Å². The summed E-state index contributed by atoms with van der Waals surface area (Å²) in [6.45, 7) is 4.45. The summed E-state index contributed by atoms with van der Waals surface area (Å²) in [5, 5.41) is 2.84. The van der Waals surface area contributed by atoms with Crippen molar-refractivity contribution in [1.82, 2.24) is 5.32 Å².